The predicted octanol–water partition coefficient (Wildman–Crippen LogP) is 1.49. The Balaban J connectivity index is 1.78. The molecule has 0 aromatic carbocycles. The smallest absolute Gasteiger partial charge is 0.0897 e. The Morgan fingerprint density at radius 2 is 2.53 bits per heavy atom. The summed E-state index contributed by atoms with van der Waals surface area (Å²) in [5.74, 6) is 0.828. The lowest BCUT2D eigenvalue weighted by atomic mass is 10.1. The van der Waals surface area contributed by atoms with Gasteiger partial charge in [-0.2, -0.15) is 0 Å². The summed E-state index contributed by atoms with van der Waals surface area (Å²) in [5, 5.41) is 6.74. The second-order valence-electron chi connectivity index (χ2n) is 4.41. The van der Waals surface area contributed by atoms with Gasteiger partial charge in [0, 0.05) is 18.5 Å². The molecule has 1 N–H and O–H groups in total. The van der Waals surface area contributed by atoms with Crippen LogP contribution in [0.25, 0.3) is 0 Å². The fraction of sp³-hybridized carbons (Fsp3) is 0.727. The summed E-state index contributed by atoms with van der Waals surface area (Å²) in [7, 11) is 2.19. The van der Waals surface area contributed by atoms with Crippen LogP contribution in [0.5, 0.6) is 0 Å². The highest BCUT2D eigenvalue weighted by molar-refractivity contribution is 7.09. The number of aryl methyl sites for hydroxylation is 1. The largest absolute Gasteiger partial charge is 0.316 e. The maximum Gasteiger partial charge on any atom is 0.0897 e. The van der Waals surface area contributed by atoms with Crippen LogP contribution in [0.15, 0.2) is 5.38 Å². The molecule has 4 heteroatoms. The topological polar surface area (TPSA) is 28.2 Å². The summed E-state index contributed by atoms with van der Waals surface area (Å²) in [4.78, 5) is 6.87. The third kappa shape index (κ3) is 3.26. The zero-order chi connectivity index (χ0) is 10.7. The van der Waals surface area contributed by atoms with Crippen molar-refractivity contribution >= 4 is 11.3 Å². The van der Waals surface area contributed by atoms with Gasteiger partial charge in [0.2, 0.25) is 0 Å². The molecular weight excluding hydrogens is 206 g/mol. The van der Waals surface area contributed by atoms with Crippen LogP contribution in [0, 0.1) is 12.8 Å². The van der Waals surface area contributed by atoms with E-state index in [4.69, 9.17) is 0 Å². The van der Waals surface area contributed by atoms with Crippen LogP contribution < -0.4 is 5.32 Å². The summed E-state index contributed by atoms with van der Waals surface area (Å²) in [6.07, 6.45) is 1.32. The van der Waals surface area contributed by atoms with Crippen LogP contribution in [0.4, 0.5) is 0 Å². The first-order valence-corrected chi connectivity index (χ1v) is 6.42. The van der Waals surface area contributed by atoms with Gasteiger partial charge >= 0.3 is 0 Å². The molecule has 1 unspecified atom stereocenters. The van der Waals surface area contributed by atoms with E-state index in [2.05, 4.69) is 34.6 Å². The minimum Gasteiger partial charge on any atom is -0.316 e. The minimum atomic E-state index is 0.828. The van der Waals surface area contributed by atoms with Crippen LogP contribution >= 0.6 is 11.3 Å². The van der Waals surface area contributed by atoms with Gasteiger partial charge in [-0.05, 0) is 39.4 Å². The molecule has 0 saturated carbocycles. The van der Waals surface area contributed by atoms with Crippen molar-refractivity contribution in [3.8, 4) is 0 Å². The molecule has 1 aromatic heterocycles. The first kappa shape index (κ1) is 11.0. The van der Waals surface area contributed by atoms with E-state index in [0.29, 0.717) is 0 Å². The molecule has 3 nitrogen and oxygen atoms in total. The normalized spacial score (nSPS) is 21.4. The Labute approximate surface area is 95.5 Å². The van der Waals surface area contributed by atoms with Crippen molar-refractivity contribution in [1.29, 1.82) is 0 Å². The van der Waals surface area contributed by atoms with Crippen molar-refractivity contribution in [2.45, 2.75) is 19.9 Å². The fourth-order valence-corrected chi connectivity index (χ4v) is 2.74. The van der Waals surface area contributed by atoms with Crippen molar-refractivity contribution in [1.82, 2.24) is 15.2 Å². The van der Waals surface area contributed by atoms with Crippen LogP contribution in [0.1, 0.15) is 17.1 Å². The minimum absolute atomic E-state index is 0.828. The van der Waals surface area contributed by atoms with Crippen LogP contribution in [-0.2, 0) is 6.54 Å². The maximum atomic E-state index is 4.49. The van der Waals surface area contributed by atoms with E-state index in [1.165, 1.54) is 36.8 Å². The number of nitrogens with zero attached hydrogens (tertiary/aromatic N) is 2. The zero-order valence-electron chi connectivity index (χ0n) is 9.49. The van der Waals surface area contributed by atoms with Crippen LogP contribution in [-0.4, -0.2) is 36.6 Å². The third-order valence-corrected chi connectivity index (χ3v) is 3.65. The molecule has 1 aliphatic rings. The highest BCUT2D eigenvalue weighted by atomic mass is 32.1. The fourth-order valence-electron chi connectivity index (χ4n) is 2.13. The quantitative estimate of drug-likeness (QED) is 0.841. The lowest BCUT2D eigenvalue weighted by Gasteiger charge is -2.19. The molecule has 0 bridgehead atoms. The molecule has 84 valence electrons. The molecule has 1 fully saturated rings. The van der Waals surface area contributed by atoms with Crippen LogP contribution in [0.3, 0.4) is 0 Å². The molecular formula is C11H19N3S. The van der Waals surface area contributed by atoms with E-state index in [0.717, 1.165) is 12.5 Å². The van der Waals surface area contributed by atoms with Crippen molar-refractivity contribution in [3.05, 3.63) is 16.1 Å². The van der Waals surface area contributed by atoms with Crippen molar-refractivity contribution < 1.29 is 0 Å². The number of hydrogen-bond acceptors (Lipinski definition) is 4. The van der Waals surface area contributed by atoms with Gasteiger partial charge in [0.05, 0.1) is 10.7 Å². The van der Waals surface area contributed by atoms with Crippen molar-refractivity contribution in [2.24, 2.45) is 5.92 Å². The lowest BCUT2D eigenvalue weighted by Crippen LogP contribution is -2.26. The van der Waals surface area contributed by atoms with Gasteiger partial charge in [-0.25, -0.2) is 4.98 Å². The van der Waals surface area contributed by atoms with Gasteiger partial charge < -0.3 is 10.2 Å². The Hall–Kier alpha value is -0.450. The molecule has 1 aromatic rings. The molecule has 1 aliphatic heterocycles. The molecule has 15 heavy (non-hydrogen) atoms. The highest BCUT2D eigenvalue weighted by Gasteiger charge is 2.16. The molecule has 0 spiro atoms. The van der Waals surface area contributed by atoms with Gasteiger partial charge in [0.1, 0.15) is 0 Å². The summed E-state index contributed by atoms with van der Waals surface area (Å²) in [6, 6.07) is 0. The van der Waals surface area contributed by atoms with E-state index in [1.807, 2.05) is 0 Å². The second kappa shape index (κ2) is 5.05. The Morgan fingerprint density at radius 3 is 3.13 bits per heavy atom. The predicted molar refractivity (Wildman–Crippen MR) is 64.2 cm³/mol. The lowest BCUT2D eigenvalue weighted by molar-refractivity contribution is 0.276. The highest BCUT2D eigenvalue weighted by Crippen LogP contribution is 2.13. The molecule has 0 amide bonds. The van der Waals surface area contributed by atoms with Crippen LogP contribution in [0.2, 0.25) is 0 Å². The van der Waals surface area contributed by atoms with Gasteiger partial charge in [0.15, 0.2) is 0 Å². The number of nitrogens with one attached hydrogen (secondary N) is 1. The monoisotopic (exact) mass is 225 g/mol. The molecule has 2 heterocycles. The molecule has 0 aliphatic carbocycles. The first-order valence-electron chi connectivity index (χ1n) is 5.54. The molecule has 1 saturated heterocycles. The Bertz CT molecular complexity index is 305. The second-order valence-corrected chi connectivity index (χ2v) is 5.48. The molecule has 0 radical (unpaired) electrons. The standard InChI is InChI=1S/C11H19N3S/c1-9-13-11(8-15-9)7-14(2)6-10-3-4-12-5-10/h8,10,12H,3-7H2,1-2H3. The average molecular weight is 225 g/mol. The number of rotatable bonds is 4. The SMILES string of the molecule is Cc1nc(CN(C)CC2CCNC2)cs1. The summed E-state index contributed by atoms with van der Waals surface area (Å²) in [5.41, 5.74) is 1.21. The van der Waals surface area contributed by atoms with E-state index in [1.54, 1.807) is 11.3 Å². The van der Waals surface area contributed by atoms with E-state index in [9.17, 15) is 0 Å². The first-order chi connectivity index (χ1) is 7.24. The zero-order valence-corrected chi connectivity index (χ0v) is 10.3. The van der Waals surface area contributed by atoms with E-state index >= 15 is 0 Å². The van der Waals surface area contributed by atoms with Gasteiger partial charge in [-0.1, -0.05) is 0 Å². The summed E-state index contributed by atoms with van der Waals surface area (Å²) < 4.78 is 0. The average Bonchev–Trinajstić information content (AvgIpc) is 2.77. The van der Waals surface area contributed by atoms with E-state index in [-0.39, 0.29) is 0 Å². The third-order valence-electron chi connectivity index (χ3n) is 2.83. The molecule has 2 rings (SSSR count). The van der Waals surface area contributed by atoms with Crippen molar-refractivity contribution in [3.63, 3.8) is 0 Å². The number of aromatic nitrogens is 1. The van der Waals surface area contributed by atoms with Gasteiger partial charge in [0.25, 0.3) is 0 Å². The Kier molecular flexibility index (Phi) is 3.72. The number of hydrogen-bond donors (Lipinski definition) is 1. The summed E-state index contributed by atoms with van der Waals surface area (Å²) in [6.45, 7) is 6.61. The van der Waals surface area contributed by atoms with E-state index < -0.39 is 0 Å². The summed E-state index contributed by atoms with van der Waals surface area (Å²) >= 11 is 1.74. The van der Waals surface area contributed by atoms with Gasteiger partial charge in [-0.15, -0.1) is 11.3 Å². The Morgan fingerprint density at radius 1 is 1.67 bits per heavy atom. The van der Waals surface area contributed by atoms with Gasteiger partial charge in [-0.3, -0.25) is 0 Å². The van der Waals surface area contributed by atoms with Crippen molar-refractivity contribution in [2.75, 3.05) is 26.7 Å². The molecule has 1 atom stereocenters. The maximum absolute atomic E-state index is 4.49. The number of thiazole rings is 1.